The van der Waals surface area contributed by atoms with Gasteiger partial charge in [-0.3, -0.25) is 9.59 Å². The Morgan fingerprint density at radius 1 is 1.23 bits per heavy atom. The maximum Gasteiger partial charge on any atom is 0.310 e. The number of rotatable bonds is 3. The first kappa shape index (κ1) is 17.3. The normalized spacial score (nSPS) is 18.8. The third-order valence-corrected chi connectivity index (χ3v) is 6.47. The summed E-state index contributed by atoms with van der Waals surface area (Å²) in [5.74, 6) is -0.316. The summed E-state index contributed by atoms with van der Waals surface area (Å²) in [6.45, 7) is 3.39. The molecule has 2 heterocycles. The molecule has 1 unspecified atom stereocenters. The van der Waals surface area contributed by atoms with E-state index in [1.165, 1.54) is 21.6 Å². The van der Waals surface area contributed by atoms with Crippen LogP contribution in [-0.2, 0) is 22.4 Å². The van der Waals surface area contributed by atoms with Gasteiger partial charge in [-0.1, -0.05) is 24.3 Å². The number of amides is 1. The molecule has 0 saturated carbocycles. The van der Waals surface area contributed by atoms with E-state index in [-0.39, 0.29) is 17.8 Å². The lowest BCUT2D eigenvalue weighted by Crippen LogP contribution is -2.42. The van der Waals surface area contributed by atoms with Gasteiger partial charge in [0.2, 0.25) is 0 Å². The van der Waals surface area contributed by atoms with Crippen molar-refractivity contribution in [3.63, 3.8) is 0 Å². The molecule has 0 radical (unpaired) electrons. The lowest BCUT2D eigenvalue weighted by molar-refractivity contribution is -0.149. The van der Waals surface area contributed by atoms with E-state index in [0.717, 1.165) is 30.6 Å². The number of aryl methyl sites for hydroxylation is 2. The second kappa shape index (κ2) is 7.23. The minimum absolute atomic E-state index is 0.0517. The Morgan fingerprint density at radius 2 is 2.04 bits per heavy atom. The zero-order chi connectivity index (χ0) is 18.1. The topological polar surface area (TPSA) is 46.6 Å². The molecule has 1 amide bonds. The van der Waals surface area contributed by atoms with Crippen molar-refractivity contribution in [3.05, 3.63) is 46.3 Å². The van der Waals surface area contributed by atoms with Crippen molar-refractivity contribution in [1.82, 2.24) is 4.90 Å². The lowest BCUT2D eigenvalue weighted by Gasteiger charge is -2.31. The maximum absolute atomic E-state index is 13.0. The van der Waals surface area contributed by atoms with Crippen molar-refractivity contribution in [2.24, 2.45) is 5.92 Å². The van der Waals surface area contributed by atoms with Crippen LogP contribution in [0.5, 0.6) is 0 Å². The van der Waals surface area contributed by atoms with E-state index in [4.69, 9.17) is 4.74 Å². The van der Waals surface area contributed by atoms with E-state index < -0.39 is 0 Å². The van der Waals surface area contributed by atoms with Crippen LogP contribution in [0.1, 0.15) is 40.6 Å². The Labute approximate surface area is 157 Å². The molecule has 26 heavy (non-hydrogen) atoms. The number of benzene rings is 1. The summed E-state index contributed by atoms with van der Waals surface area (Å²) >= 11 is 1.59. The van der Waals surface area contributed by atoms with E-state index >= 15 is 0 Å². The quantitative estimate of drug-likeness (QED) is 0.770. The van der Waals surface area contributed by atoms with Crippen molar-refractivity contribution >= 4 is 23.2 Å². The molecule has 1 fully saturated rings. The third-order valence-electron chi connectivity index (χ3n) is 5.27. The van der Waals surface area contributed by atoms with Gasteiger partial charge in [-0.15, -0.1) is 11.3 Å². The summed E-state index contributed by atoms with van der Waals surface area (Å²) in [6.07, 6.45) is 3.67. The average Bonchev–Trinajstić information content (AvgIpc) is 3.12. The minimum Gasteiger partial charge on any atom is -0.466 e. The van der Waals surface area contributed by atoms with Gasteiger partial charge >= 0.3 is 5.97 Å². The molecule has 4 nitrogen and oxygen atoms in total. The first-order chi connectivity index (χ1) is 12.7. The highest BCUT2D eigenvalue weighted by atomic mass is 32.1. The number of hydrogen-bond donors (Lipinski definition) is 0. The second-order valence-corrected chi connectivity index (χ2v) is 8.02. The molecule has 0 bridgehead atoms. The summed E-state index contributed by atoms with van der Waals surface area (Å²) in [5, 5.41) is 0. The second-order valence-electron chi connectivity index (χ2n) is 6.96. The number of hydrogen-bond acceptors (Lipinski definition) is 4. The fourth-order valence-corrected chi connectivity index (χ4v) is 5.19. The van der Waals surface area contributed by atoms with Gasteiger partial charge in [-0.2, -0.15) is 0 Å². The fourth-order valence-electron chi connectivity index (χ4n) is 3.95. The van der Waals surface area contributed by atoms with Crippen LogP contribution in [0.25, 0.3) is 10.4 Å². The van der Waals surface area contributed by atoms with Gasteiger partial charge in [-0.05, 0) is 55.4 Å². The molecule has 1 aliphatic carbocycles. The number of ether oxygens (including phenoxy) is 1. The van der Waals surface area contributed by atoms with Gasteiger partial charge in [0.05, 0.1) is 17.4 Å². The Morgan fingerprint density at radius 3 is 2.88 bits per heavy atom. The predicted molar refractivity (Wildman–Crippen MR) is 102 cm³/mol. The molecule has 5 heteroatoms. The molecular weight excluding hydrogens is 346 g/mol. The first-order valence-electron chi connectivity index (χ1n) is 9.34. The Bertz CT molecular complexity index is 842. The van der Waals surface area contributed by atoms with Crippen LogP contribution in [0, 0.1) is 5.92 Å². The van der Waals surface area contributed by atoms with Crippen LogP contribution in [0.2, 0.25) is 0 Å². The third kappa shape index (κ3) is 3.16. The number of carbonyl (C=O) groups excluding carboxylic acids is 2. The van der Waals surface area contributed by atoms with Gasteiger partial charge in [0.15, 0.2) is 0 Å². The van der Waals surface area contributed by atoms with Crippen LogP contribution in [0.3, 0.4) is 0 Å². The zero-order valence-electron chi connectivity index (χ0n) is 15.0. The smallest absolute Gasteiger partial charge is 0.310 e. The van der Waals surface area contributed by atoms with Crippen LogP contribution in [-0.4, -0.2) is 36.5 Å². The van der Waals surface area contributed by atoms with Gasteiger partial charge in [0.25, 0.3) is 5.91 Å². The molecular formula is C21H23NO3S. The molecule has 2 aliphatic rings. The number of piperidine rings is 1. The van der Waals surface area contributed by atoms with Crippen LogP contribution in [0.15, 0.2) is 30.3 Å². The van der Waals surface area contributed by atoms with Crippen molar-refractivity contribution in [2.75, 3.05) is 19.7 Å². The molecule has 1 aromatic heterocycles. The standard InChI is InChI=1S/C21H23NO3S/c1-2-25-21(24)16-7-5-11-22(13-16)20(23)18-12-15-10-9-14-6-3-4-8-17(14)19(15)26-18/h3-4,6,8,12,16H,2,5,7,9-11,13H2,1H3. The van der Waals surface area contributed by atoms with Gasteiger partial charge in [0.1, 0.15) is 0 Å². The van der Waals surface area contributed by atoms with Gasteiger partial charge in [0, 0.05) is 18.0 Å². The average molecular weight is 369 g/mol. The molecule has 136 valence electrons. The SMILES string of the molecule is CCOC(=O)C1CCCN(C(=O)c2cc3c(s2)-c2ccccc2CC3)C1. The number of thiophene rings is 1. The molecule has 1 atom stereocenters. The molecule has 1 aliphatic heterocycles. The Hall–Kier alpha value is -2.14. The van der Waals surface area contributed by atoms with Gasteiger partial charge in [-0.25, -0.2) is 0 Å². The van der Waals surface area contributed by atoms with E-state index in [1.807, 2.05) is 11.8 Å². The highest BCUT2D eigenvalue weighted by Gasteiger charge is 2.31. The lowest BCUT2D eigenvalue weighted by atomic mass is 9.91. The minimum atomic E-state index is -0.192. The highest BCUT2D eigenvalue weighted by Crippen LogP contribution is 2.40. The molecule has 0 spiro atoms. The van der Waals surface area contributed by atoms with E-state index in [1.54, 1.807) is 11.3 Å². The number of esters is 1. The fraction of sp³-hybridized carbons (Fsp3) is 0.429. The Balaban J connectivity index is 1.55. The summed E-state index contributed by atoms with van der Waals surface area (Å²) < 4.78 is 5.15. The first-order valence-corrected chi connectivity index (χ1v) is 10.2. The largest absolute Gasteiger partial charge is 0.466 e. The van der Waals surface area contributed by atoms with Crippen molar-refractivity contribution in [2.45, 2.75) is 32.6 Å². The van der Waals surface area contributed by atoms with Crippen LogP contribution < -0.4 is 0 Å². The molecule has 2 aromatic rings. The Kier molecular flexibility index (Phi) is 4.81. The molecule has 0 N–H and O–H groups in total. The molecule has 4 rings (SSSR count). The summed E-state index contributed by atoms with van der Waals surface area (Å²) in [4.78, 5) is 28.9. The van der Waals surface area contributed by atoms with Crippen LogP contribution >= 0.6 is 11.3 Å². The molecule has 1 saturated heterocycles. The van der Waals surface area contributed by atoms with E-state index in [0.29, 0.717) is 19.7 Å². The zero-order valence-corrected chi connectivity index (χ0v) is 15.8. The number of likely N-dealkylation sites (tertiary alicyclic amines) is 1. The summed E-state index contributed by atoms with van der Waals surface area (Å²) in [6, 6.07) is 10.5. The predicted octanol–water partition coefficient (Wildman–Crippen LogP) is 3.93. The monoisotopic (exact) mass is 369 g/mol. The number of carbonyl (C=O) groups is 2. The maximum atomic E-state index is 13.0. The van der Waals surface area contributed by atoms with Crippen molar-refractivity contribution < 1.29 is 14.3 Å². The van der Waals surface area contributed by atoms with Gasteiger partial charge < -0.3 is 9.64 Å². The molecule has 1 aromatic carbocycles. The highest BCUT2D eigenvalue weighted by molar-refractivity contribution is 7.17. The van der Waals surface area contributed by atoms with E-state index in [2.05, 4.69) is 30.3 Å². The van der Waals surface area contributed by atoms with Crippen molar-refractivity contribution in [1.29, 1.82) is 0 Å². The summed E-state index contributed by atoms with van der Waals surface area (Å²) in [5.41, 5.74) is 3.90. The van der Waals surface area contributed by atoms with Crippen LogP contribution in [0.4, 0.5) is 0 Å². The summed E-state index contributed by atoms with van der Waals surface area (Å²) in [7, 11) is 0. The number of nitrogens with zero attached hydrogens (tertiary/aromatic N) is 1. The van der Waals surface area contributed by atoms with E-state index in [9.17, 15) is 9.59 Å². The van der Waals surface area contributed by atoms with Crippen molar-refractivity contribution in [3.8, 4) is 10.4 Å². The number of fused-ring (bicyclic) bond motifs is 3.